The van der Waals surface area contributed by atoms with Crippen LogP contribution in [0.1, 0.15) is 18.5 Å². The van der Waals surface area contributed by atoms with Gasteiger partial charge in [0.15, 0.2) is 24.0 Å². The molecule has 0 fully saturated rings. The molecule has 26 heavy (non-hydrogen) atoms. The van der Waals surface area contributed by atoms with Crippen LogP contribution in [0.15, 0.2) is 42.5 Å². The monoisotopic (exact) mass is 366 g/mol. The summed E-state index contributed by atoms with van der Waals surface area (Å²) in [5, 5.41) is 6.26. The first-order valence-electron chi connectivity index (χ1n) is 7.96. The van der Waals surface area contributed by atoms with Gasteiger partial charge in [0.05, 0.1) is 12.2 Å². The smallest absolute Gasteiger partial charge is 0.275 e. The van der Waals surface area contributed by atoms with Crippen LogP contribution in [0.2, 0.25) is 0 Å². The molecule has 0 aliphatic carbocycles. The predicted octanol–water partition coefficient (Wildman–Crippen LogP) is 1.48. The van der Waals surface area contributed by atoms with Crippen LogP contribution in [0, 0.1) is 17.5 Å². The number of hydrogen-bond acceptors (Lipinski definition) is 2. The maximum absolute atomic E-state index is 13.5. The summed E-state index contributed by atoms with van der Waals surface area (Å²) in [7, 11) is 0. The van der Waals surface area contributed by atoms with E-state index in [1.54, 1.807) is 5.32 Å². The molecule has 2 rings (SSSR count). The van der Waals surface area contributed by atoms with Crippen molar-refractivity contribution in [2.24, 2.45) is 0 Å². The molecule has 2 aromatic carbocycles. The highest BCUT2D eigenvalue weighted by Gasteiger charge is 2.16. The molecule has 0 spiro atoms. The van der Waals surface area contributed by atoms with E-state index in [2.05, 4.69) is 10.6 Å². The lowest BCUT2D eigenvalue weighted by Gasteiger charge is -2.11. The molecule has 138 valence electrons. The fourth-order valence-corrected chi connectivity index (χ4v) is 2.24. The lowest BCUT2D eigenvalue weighted by Crippen LogP contribution is -2.87. The van der Waals surface area contributed by atoms with Gasteiger partial charge in [0.2, 0.25) is 5.91 Å². The van der Waals surface area contributed by atoms with Gasteiger partial charge in [0, 0.05) is 5.56 Å². The number of rotatable bonds is 7. The van der Waals surface area contributed by atoms with Gasteiger partial charge in [-0.3, -0.25) is 9.59 Å². The molecule has 0 aliphatic rings. The molecule has 0 unspecified atom stereocenters. The normalized spacial score (nSPS) is 11.7. The van der Waals surface area contributed by atoms with E-state index in [-0.39, 0.29) is 18.5 Å². The first-order valence-corrected chi connectivity index (χ1v) is 7.96. The first kappa shape index (κ1) is 19.5. The molecule has 0 bridgehead atoms. The topological polar surface area (TPSA) is 74.8 Å². The van der Waals surface area contributed by atoms with E-state index in [1.165, 1.54) is 0 Å². The summed E-state index contributed by atoms with van der Waals surface area (Å²) >= 11 is 0. The highest BCUT2D eigenvalue weighted by atomic mass is 19.2. The van der Waals surface area contributed by atoms with Crippen LogP contribution in [0.25, 0.3) is 0 Å². The van der Waals surface area contributed by atoms with Crippen molar-refractivity contribution in [1.29, 1.82) is 0 Å². The highest BCUT2D eigenvalue weighted by molar-refractivity contribution is 5.94. The van der Waals surface area contributed by atoms with Crippen molar-refractivity contribution in [2.75, 3.05) is 18.4 Å². The van der Waals surface area contributed by atoms with Crippen LogP contribution in [-0.2, 0) is 9.59 Å². The van der Waals surface area contributed by atoms with Gasteiger partial charge < -0.3 is 16.0 Å². The number of carbonyl (C=O) groups excluding carboxylic acids is 2. The molecule has 8 heteroatoms. The minimum absolute atomic E-state index is 0.0621. The van der Waals surface area contributed by atoms with E-state index in [1.807, 2.05) is 37.3 Å². The van der Waals surface area contributed by atoms with Crippen molar-refractivity contribution in [2.45, 2.75) is 13.0 Å². The summed E-state index contributed by atoms with van der Waals surface area (Å²) < 4.78 is 39.4. The third-order valence-corrected chi connectivity index (χ3v) is 3.74. The molecule has 5 nitrogen and oxygen atoms in total. The van der Waals surface area contributed by atoms with Crippen LogP contribution in [0.4, 0.5) is 18.9 Å². The summed E-state index contributed by atoms with van der Waals surface area (Å²) in [4.78, 5) is 23.5. The number of amides is 2. The summed E-state index contributed by atoms with van der Waals surface area (Å²) in [5.74, 6) is -5.64. The average Bonchev–Trinajstić information content (AvgIpc) is 2.65. The standard InChI is InChI=1S/C18H18F3N3O2/c1-11(12-5-3-2-4-6-12)22-9-15(25)23-10-16(26)24-14-8-7-13(19)17(20)18(14)21/h2-8,11,22H,9-10H2,1H3,(H,23,25)(H,24,26)/p+1/t11-/m0/s1. The quantitative estimate of drug-likeness (QED) is 0.650. The SMILES string of the molecule is C[C@H]([NH2+]CC(=O)NCC(=O)Nc1ccc(F)c(F)c1F)c1ccccc1. The fraction of sp³-hybridized carbons (Fsp3) is 0.222. The third kappa shape index (κ3) is 5.32. The zero-order valence-electron chi connectivity index (χ0n) is 14.1. The van der Waals surface area contributed by atoms with E-state index in [0.29, 0.717) is 6.07 Å². The van der Waals surface area contributed by atoms with Gasteiger partial charge >= 0.3 is 0 Å². The maximum Gasteiger partial charge on any atom is 0.275 e. The second-order valence-electron chi connectivity index (χ2n) is 5.69. The molecular formula is C18H19F3N3O2+. The molecule has 0 saturated heterocycles. The Morgan fingerprint density at radius 1 is 1.00 bits per heavy atom. The molecule has 0 aromatic heterocycles. The molecule has 0 radical (unpaired) electrons. The van der Waals surface area contributed by atoms with Crippen LogP contribution in [-0.4, -0.2) is 24.9 Å². The maximum atomic E-state index is 13.5. The molecule has 0 heterocycles. The van der Waals surface area contributed by atoms with Crippen LogP contribution >= 0.6 is 0 Å². The van der Waals surface area contributed by atoms with Crippen LogP contribution < -0.4 is 16.0 Å². The number of nitrogens with two attached hydrogens (primary N) is 1. The fourth-order valence-electron chi connectivity index (χ4n) is 2.24. The lowest BCUT2D eigenvalue weighted by molar-refractivity contribution is -0.682. The van der Waals surface area contributed by atoms with Crippen LogP contribution in [0.3, 0.4) is 0 Å². The molecular weight excluding hydrogens is 347 g/mol. The number of halogens is 3. The van der Waals surface area contributed by atoms with E-state index in [4.69, 9.17) is 0 Å². The van der Waals surface area contributed by atoms with Crippen molar-refractivity contribution >= 4 is 17.5 Å². The Balaban J connectivity index is 1.77. The van der Waals surface area contributed by atoms with E-state index in [9.17, 15) is 22.8 Å². The van der Waals surface area contributed by atoms with Crippen molar-refractivity contribution in [3.63, 3.8) is 0 Å². The minimum Gasteiger partial charge on any atom is -0.342 e. The number of quaternary nitrogens is 1. The molecule has 1 atom stereocenters. The van der Waals surface area contributed by atoms with Gasteiger partial charge in [0.25, 0.3) is 5.91 Å². The molecule has 0 aliphatic heterocycles. The molecule has 0 saturated carbocycles. The zero-order valence-corrected chi connectivity index (χ0v) is 14.1. The zero-order chi connectivity index (χ0) is 19.1. The molecule has 4 N–H and O–H groups in total. The summed E-state index contributed by atoms with van der Waals surface area (Å²) in [6.45, 7) is 1.63. The molecule has 2 aromatic rings. The number of anilines is 1. The van der Waals surface area contributed by atoms with Crippen molar-refractivity contribution in [1.82, 2.24) is 5.32 Å². The second-order valence-corrected chi connectivity index (χ2v) is 5.69. The Labute approximate surface area is 148 Å². The van der Waals surface area contributed by atoms with E-state index < -0.39 is 35.6 Å². The average molecular weight is 366 g/mol. The number of nitrogens with one attached hydrogen (secondary N) is 2. The van der Waals surface area contributed by atoms with Gasteiger partial charge in [0.1, 0.15) is 6.04 Å². The first-order chi connectivity index (χ1) is 12.4. The predicted molar refractivity (Wildman–Crippen MR) is 89.6 cm³/mol. The van der Waals surface area contributed by atoms with Crippen molar-refractivity contribution in [3.8, 4) is 0 Å². The Hall–Kier alpha value is -2.87. The van der Waals surface area contributed by atoms with Gasteiger partial charge in [-0.15, -0.1) is 0 Å². The van der Waals surface area contributed by atoms with E-state index in [0.717, 1.165) is 11.6 Å². The number of hydrogen-bond donors (Lipinski definition) is 3. The summed E-state index contributed by atoms with van der Waals surface area (Å²) in [6, 6.07) is 11.3. The third-order valence-electron chi connectivity index (χ3n) is 3.74. The van der Waals surface area contributed by atoms with Crippen LogP contribution in [0.5, 0.6) is 0 Å². The minimum atomic E-state index is -1.67. The van der Waals surface area contributed by atoms with Gasteiger partial charge in [-0.05, 0) is 19.1 Å². The molecule has 2 amide bonds. The van der Waals surface area contributed by atoms with Gasteiger partial charge in [-0.1, -0.05) is 30.3 Å². The summed E-state index contributed by atoms with van der Waals surface area (Å²) in [6.07, 6.45) is 0. The largest absolute Gasteiger partial charge is 0.342 e. The Bertz CT molecular complexity index is 785. The van der Waals surface area contributed by atoms with E-state index >= 15 is 0 Å². The van der Waals surface area contributed by atoms with Gasteiger partial charge in [-0.25, -0.2) is 13.2 Å². The Kier molecular flexibility index (Phi) is 6.74. The summed E-state index contributed by atoms with van der Waals surface area (Å²) in [5.41, 5.74) is 0.569. The second kappa shape index (κ2) is 9.00. The lowest BCUT2D eigenvalue weighted by atomic mass is 10.1. The van der Waals surface area contributed by atoms with Gasteiger partial charge in [-0.2, -0.15) is 0 Å². The number of carbonyl (C=O) groups is 2. The Morgan fingerprint density at radius 2 is 1.69 bits per heavy atom. The highest BCUT2D eigenvalue weighted by Crippen LogP contribution is 2.19. The van der Waals surface area contributed by atoms with Crippen molar-refractivity contribution in [3.05, 3.63) is 65.5 Å². The number of benzene rings is 2. The van der Waals surface area contributed by atoms with Crippen molar-refractivity contribution < 1.29 is 28.1 Å². The Morgan fingerprint density at radius 3 is 2.38 bits per heavy atom.